The fourth-order valence-corrected chi connectivity index (χ4v) is 3.92. The molecule has 3 rings (SSSR count). The maximum Gasteiger partial charge on any atom is 0.254 e. The van der Waals surface area contributed by atoms with Gasteiger partial charge < -0.3 is 24.0 Å². The fraction of sp³-hybridized carbons (Fsp3) is 0.478. The largest absolute Gasteiger partial charge is 0.493 e. The maximum atomic E-state index is 13.1. The van der Waals surface area contributed by atoms with Crippen LogP contribution >= 0.6 is 0 Å². The molecule has 0 aliphatic carbocycles. The number of aromatic nitrogens is 1. The summed E-state index contributed by atoms with van der Waals surface area (Å²) in [4.78, 5) is 21.8. The minimum atomic E-state index is -0.0406. The molecule has 0 spiro atoms. The third-order valence-corrected chi connectivity index (χ3v) is 5.75. The van der Waals surface area contributed by atoms with Crippen LogP contribution in [0.1, 0.15) is 28.9 Å². The molecule has 1 fully saturated rings. The molecule has 0 atom stereocenters. The van der Waals surface area contributed by atoms with Gasteiger partial charge in [0.05, 0.1) is 21.3 Å². The lowest BCUT2D eigenvalue weighted by Gasteiger charge is -2.36. The van der Waals surface area contributed by atoms with Gasteiger partial charge in [0.25, 0.3) is 5.91 Å². The number of rotatable bonds is 8. The number of nitrogens with zero attached hydrogens (tertiary/aromatic N) is 3. The highest BCUT2D eigenvalue weighted by Crippen LogP contribution is 2.38. The fourth-order valence-electron chi connectivity index (χ4n) is 3.92. The molecule has 1 saturated heterocycles. The van der Waals surface area contributed by atoms with Crippen molar-refractivity contribution in [1.82, 2.24) is 14.8 Å². The molecule has 0 saturated carbocycles. The Morgan fingerprint density at radius 2 is 1.77 bits per heavy atom. The highest BCUT2D eigenvalue weighted by atomic mass is 16.5. The van der Waals surface area contributed by atoms with Crippen LogP contribution in [0.25, 0.3) is 0 Å². The highest BCUT2D eigenvalue weighted by Gasteiger charge is 2.27. The van der Waals surface area contributed by atoms with Crippen LogP contribution in [0.4, 0.5) is 0 Å². The number of piperidine rings is 1. The molecular formula is C23H31N3O4. The Bertz CT molecular complexity index is 811. The molecule has 162 valence electrons. The van der Waals surface area contributed by atoms with Crippen molar-refractivity contribution in [1.29, 1.82) is 0 Å². The molecule has 0 unspecified atom stereocenters. The first-order valence-electron chi connectivity index (χ1n) is 10.3. The lowest BCUT2D eigenvalue weighted by molar-refractivity contribution is 0.0642. The van der Waals surface area contributed by atoms with Crippen LogP contribution in [0.3, 0.4) is 0 Å². The van der Waals surface area contributed by atoms with Gasteiger partial charge >= 0.3 is 0 Å². The molecular weight excluding hydrogens is 382 g/mol. The predicted octanol–water partition coefficient (Wildman–Crippen LogP) is 2.89. The molecule has 0 radical (unpaired) electrons. The van der Waals surface area contributed by atoms with Gasteiger partial charge in [0.15, 0.2) is 11.5 Å². The first kappa shape index (κ1) is 21.9. The number of amides is 1. The van der Waals surface area contributed by atoms with Crippen LogP contribution in [0.5, 0.6) is 17.2 Å². The topological polar surface area (TPSA) is 64.1 Å². The molecule has 0 bridgehead atoms. The second-order valence-corrected chi connectivity index (χ2v) is 7.47. The van der Waals surface area contributed by atoms with E-state index in [1.807, 2.05) is 30.3 Å². The molecule has 1 aromatic carbocycles. The van der Waals surface area contributed by atoms with E-state index in [0.29, 0.717) is 22.8 Å². The summed E-state index contributed by atoms with van der Waals surface area (Å²) in [6.45, 7) is 2.95. The van der Waals surface area contributed by atoms with Crippen molar-refractivity contribution in [3.05, 3.63) is 47.8 Å². The molecule has 1 aliphatic rings. The van der Waals surface area contributed by atoms with Crippen molar-refractivity contribution < 1.29 is 19.0 Å². The van der Waals surface area contributed by atoms with Crippen molar-refractivity contribution in [2.45, 2.75) is 25.3 Å². The molecule has 30 heavy (non-hydrogen) atoms. The van der Waals surface area contributed by atoms with Crippen LogP contribution in [0.2, 0.25) is 0 Å². The standard InChI is InChI=1S/C23H31N3O4/c1-25(23(27)17-15-20(28-2)22(30-4)21(16-17)29-3)19-9-13-26(14-10-19)12-8-18-7-5-6-11-24-18/h5-7,11,15-16,19H,8-10,12-14H2,1-4H3. The Hall–Kier alpha value is -2.80. The Morgan fingerprint density at radius 3 is 2.30 bits per heavy atom. The van der Waals surface area contributed by atoms with Crippen LogP contribution in [-0.2, 0) is 6.42 Å². The zero-order valence-electron chi connectivity index (χ0n) is 18.3. The third kappa shape index (κ3) is 5.02. The van der Waals surface area contributed by atoms with Gasteiger partial charge in [0, 0.05) is 56.6 Å². The summed E-state index contributed by atoms with van der Waals surface area (Å²) in [5.74, 6) is 1.41. The lowest BCUT2D eigenvalue weighted by Crippen LogP contribution is -2.46. The van der Waals surface area contributed by atoms with Crippen molar-refractivity contribution in [3.63, 3.8) is 0 Å². The summed E-state index contributed by atoms with van der Waals surface area (Å²) < 4.78 is 16.1. The first-order valence-corrected chi connectivity index (χ1v) is 10.3. The van der Waals surface area contributed by atoms with E-state index in [9.17, 15) is 4.79 Å². The first-order chi connectivity index (χ1) is 14.6. The molecule has 1 amide bonds. The normalized spacial score (nSPS) is 14.9. The van der Waals surface area contributed by atoms with E-state index >= 15 is 0 Å². The Balaban J connectivity index is 1.59. The second kappa shape index (κ2) is 10.3. The van der Waals surface area contributed by atoms with Gasteiger partial charge in [0.2, 0.25) is 5.75 Å². The number of ether oxygens (including phenoxy) is 3. The average molecular weight is 414 g/mol. The van der Waals surface area contributed by atoms with E-state index in [1.165, 1.54) is 0 Å². The SMILES string of the molecule is COc1cc(C(=O)N(C)C2CCN(CCc3ccccn3)CC2)cc(OC)c1OC. The van der Waals surface area contributed by atoms with Crippen molar-refractivity contribution in [2.75, 3.05) is 48.0 Å². The number of pyridine rings is 1. The number of hydrogen-bond acceptors (Lipinski definition) is 6. The summed E-state index contributed by atoms with van der Waals surface area (Å²) in [6, 6.07) is 9.66. The van der Waals surface area contributed by atoms with Crippen LogP contribution in [0.15, 0.2) is 36.5 Å². The zero-order chi connectivity index (χ0) is 21.5. The molecule has 7 heteroatoms. The van der Waals surface area contributed by atoms with E-state index < -0.39 is 0 Å². The van der Waals surface area contributed by atoms with E-state index in [4.69, 9.17) is 14.2 Å². The van der Waals surface area contributed by atoms with Crippen LogP contribution < -0.4 is 14.2 Å². The predicted molar refractivity (Wildman–Crippen MR) is 116 cm³/mol. The van der Waals surface area contributed by atoms with Gasteiger partial charge in [-0.2, -0.15) is 0 Å². The minimum absolute atomic E-state index is 0.0406. The molecule has 7 nitrogen and oxygen atoms in total. The Labute approximate surface area is 178 Å². The summed E-state index contributed by atoms with van der Waals surface area (Å²) >= 11 is 0. The van der Waals surface area contributed by atoms with Crippen LogP contribution in [0, 0.1) is 0 Å². The van der Waals surface area contributed by atoms with Gasteiger partial charge in [-0.25, -0.2) is 0 Å². The zero-order valence-corrected chi connectivity index (χ0v) is 18.3. The molecule has 2 heterocycles. The van der Waals surface area contributed by atoms with Gasteiger partial charge in [-0.1, -0.05) is 6.07 Å². The third-order valence-electron chi connectivity index (χ3n) is 5.75. The number of benzene rings is 1. The minimum Gasteiger partial charge on any atom is -0.493 e. The van der Waals surface area contributed by atoms with Crippen molar-refractivity contribution in [2.24, 2.45) is 0 Å². The van der Waals surface area contributed by atoms with E-state index in [2.05, 4.69) is 16.0 Å². The summed E-state index contributed by atoms with van der Waals surface area (Å²) in [5, 5.41) is 0. The Kier molecular flexibility index (Phi) is 7.52. The molecule has 1 aliphatic heterocycles. The summed E-state index contributed by atoms with van der Waals surface area (Å²) in [7, 11) is 6.53. The van der Waals surface area contributed by atoms with Gasteiger partial charge in [0.1, 0.15) is 0 Å². The van der Waals surface area contributed by atoms with Gasteiger partial charge in [-0.3, -0.25) is 9.78 Å². The van der Waals surface area contributed by atoms with Crippen molar-refractivity contribution in [3.8, 4) is 17.2 Å². The van der Waals surface area contributed by atoms with Crippen LogP contribution in [-0.4, -0.2) is 74.7 Å². The molecule has 2 aromatic rings. The molecule has 1 aromatic heterocycles. The summed E-state index contributed by atoms with van der Waals surface area (Å²) in [5.41, 5.74) is 1.65. The maximum absolute atomic E-state index is 13.1. The smallest absolute Gasteiger partial charge is 0.254 e. The monoisotopic (exact) mass is 413 g/mol. The second-order valence-electron chi connectivity index (χ2n) is 7.47. The number of carbonyl (C=O) groups is 1. The van der Waals surface area contributed by atoms with E-state index in [1.54, 1.807) is 33.5 Å². The summed E-state index contributed by atoms with van der Waals surface area (Å²) in [6.07, 6.45) is 4.70. The average Bonchev–Trinajstić information content (AvgIpc) is 2.81. The Morgan fingerprint density at radius 1 is 1.10 bits per heavy atom. The van der Waals surface area contributed by atoms with Gasteiger partial charge in [-0.05, 0) is 37.1 Å². The van der Waals surface area contributed by atoms with E-state index in [0.717, 1.165) is 44.6 Å². The van der Waals surface area contributed by atoms with E-state index in [-0.39, 0.29) is 11.9 Å². The number of methoxy groups -OCH3 is 3. The highest BCUT2D eigenvalue weighted by molar-refractivity contribution is 5.95. The number of likely N-dealkylation sites (tertiary alicyclic amines) is 1. The molecule has 0 N–H and O–H groups in total. The van der Waals surface area contributed by atoms with Gasteiger partial charge in [-0.15, -0.1) is 0 Å². The number of hydrogen-bond donors (Lipinski definition) is 0. The quantitative estimate of drug-likeness (QED) is 0.663. The van der Waals surface area contributed by atoms with Crippen molar-refractivity contribution >= 4 is 5.91 Å². The lowest BCUT2D eigenvalue weighted by atomic mass is 10.0. The number of carbonyl (C=O) groups excluding carboxylic acids is 1.